The molecule has 1 aliphatic heterocycles. The quantitative estimate of drug-likeness (QED) is 0.610. The number of aliphatic carboxylic acids is 1. The average molecular weight is 254 g/mol. The lowest BCUT2D eigenvalue weighted by molar-refractivity contribution is -0.142. The summed E-state index contributed by atoms with van der Waals surface area (Å²) in [5, 5.41) is 13.9. The van der Waals surface area contributed by atoms with Crippen molar-refractivity contribution in [1.82, 2.24) is 10.6 Å². The van der Waals surface area contributed by atoms with Crippen LogP contribution in [0.2, 0.25) is 0 Å². The van der Waals surface area contributed by atoms with E-state index in [1.54, 1.807) is 6.08 Å². The molecule has 1 saturated heterocycles. The van der Waals surface area contributed by atoms with Crippen LogP contribution in [0.15, 0.2) is 11.6 Å². The Hall–Kier alpha value is -1.85. The minimum Gasteiger partial charge on any atom is -0.480 e. The van der Waals surface area contributed by atoms with Crippen molar-refractivity contribution in [2.75, 3.05) is 0 Å². The van der Waals surface area contributed by atoms with Gasteiger partial charge in [-0.3, -0.25) is 9.59 Å². The summed E-state index contributed by atoms with van der Waals surface area (Å²) in [4.78, 5) is 33.7. The minimum atomic E-state index is -1.08. The van der Waals surface area contributed by atoms with E-state index in [2.05, 4.69) is 10.6 Å². The van der Waals surface area contributed by atoms with Crippen molar-refractivity contribution in [2.45, 2.75) is 45.2 Å². The molecule has 3 N–H and O–H groups in total. The molecule has 1 rings (SSSR count). The zero-order chi connectivity index (χ0) is 13.7. The molecule has 0 bridgehead atoms. The summed E-state index contributed by atoms with van der Waals surface area (Å²) in [5.74, 6) is -1.69. The minimum absolute atomic E-state index is 0.175. The van der Waals surface area contributed by atoms with E-state index < -0.39 is 24.0 Å². The van der Waals surface area contributed by atoms with Crippen LogP contribution in [0.4, 0.5) is 0 Å². The summed E-state index contributed by atoms with van der Waals surface area (Å²) in [7, 11) is 0. The predicted octanol–water partition coefficient (Wildman–Crippen LogP) is 0.191. The van der Waals surface area contributed by atoms with Gasteiger partial charge in [-0.15, -0.1) is 0 Å². The highest BCUT2D eigenvalue weighted by Gasteiger charge is 2.29. The first-order valence-corrected chi connectivity index (χ1v) is 5.86. The Morgan fingerprint density at radius 2 is 2.22 bits per heavy atom. The molecular formula is C12H18N2O4. The van der Waals surface area contributed by atoms with Crippen LogP contribution in [0, 0.1) is 0 Å². The number of carboxylic acids is 1. The molecule has 2 atom stereocenters. The lowest BCUT2D eigenvalue weighted by atomic mass is 10.1. The Morgan fingerprint density at radius 1 is 1.56 bits per heavy atom. The molecule has 0 spiro atoms. The molecule has 0 unspecified atom stereocenters. The summed E-state index contributed by atoms with van der Waals surface area (Å²) < 4.78 is 0. The van der Waals surface area contributed by atoms with Crippen molar-refractivity contribution in [3.05, 3.63) is 11.6 Å². The van der Waals surface area contributed by atoms with Crippen molar-refractivity contribution >= 4 is 17.8 Å². The molecule has 1 fully saturated rings. The number of hydrogen-bond donors (Lipinski definition) is 3. The SMILES string of the molecule is CC(C)=CC[C@H](NC(=O)[C@H]1CCC(=O)N1)C(=O)O. The number of carboxylic acid groups (broad SMARTS) is 1. The number of carbonyl (C=O) groups is 3. The van der Waals surface area contributed by atoms with Gasteiger partial charge in [-0.2, -0.15) is 0 Å². The van der Waals surface area contributed by atoms with Crippen LogP contribution in [-0.4, -0.2) is 35.0 Å². The molecule has 6 nitrogen and oxygen atoms in total. The van der Waals surface area contributed by atoms with E-state index >= 15 is 0 Å². The standard InChI is InChI=1S/C12H18N2O4/c1-7(2)3-4-9(12(17)18)14-11(16)8-5-6-10(15)13-8/h3,8-9H,4-6H2,1-2H3,(H,13,15)(H,14,16)(H,17,18)/t8-,9+/m1/s1. The summed E-state index contributed by atoms with van der Waals surface area (Å²) in [6, 6.07) is -1.56. The van der Waals surface area contributed by atoms with E-state index in [1.165, 1.54) is 0 Å². The maximum absolute atomic E-state index is 11.7. The molecule has 1 aliphatic rings. The molecule has 0 aromatic carbocycles. The van der Waals surface area contributed by atoms with Gasteiger partial charge in [-0.1, -0.05) is 11.6 Å². The Balaban J connectivity index is 2.55. The van der Waals surface area contributed by atoms with Crippen molar-refractivity contribution in [3.8, 4) is 0 Å². The van der Waals surface area contributed by atoms with E-state index in [4.69, 9.17) is 5.11 Å². The van der Waals surface area contributed by atoms with Gasteiger partial charge in [-0.25, -0.2) is 4.79 Å². The molecule has 1 heterocycles. The molecule has 100 valence electrons. The fraction of sp³-hybridized carbons (Fsp3) is 0.583. The van der Waals surface area contributed by atoms with E-state index in [9.17, 15) is 14.4 Å². The number of amides is 2. The highest BCUT2D eigenvalue weighted by atomic mass is 16.4. The van der Waals surface area contributed by atoms with Gasteiger partial charge < -0.3 is 15.7 Å². The second kappa shape index (κ2) is 6.18. The van der Waals surface area contributed by atoms with Crippen molar-refractivity contribution in [3.63, 3.8) is 0 Å². The molecule has 6 heteroatoms. The van der Waals surface area contributed by atoms with Crippen LogP contribution < -0.4 is 10.6 Å². The molecule has 0 aliphatic carbocycles. The van der Waals surface area contributed by atoms with Crippen LogP contribution >= 0.6 is 0 Å². The zero-order valence-corrected chi connectivity index (χ0v) is 10.5. The third-order valence-electron chi connectivity index (χ3n) is 2.69. The number of hydrogen-bond acceptors (Lipinski definition) is 3. The van der Waals surface area contributed by atoms with Gasteiger partial charge in [0.05, 0.1) is 0 Å². The molecular weight excluding hydrogens is 236 g/mol. The molecule has 18 heavy (non-hydrogen) atoms. The van der Waals surface area contributed by atoms with Crippen molar-refractivity contribution in [1.29, 1.82) is 0 Å². The van der Waals surface area contributed by atoms with E-state index in [0.29, 0.717) is 12.8 Å². The number of nitrogens with one attached hydrogen (secondary N) is 2. The maximum atomic E-state index is 11.7. The maximum Gasteiger partial charge on any atom is 0.326 e. The van der Waals surface area contributed by atoms with Crippen LogP contribution in [0.5, 0.6) is 0 Å². The van der Waals surface area contributed by atoms with Gasteiger partial charge in [0.1, 0.15) is 12.1 Å². The van der Waals surface area contributed by atoms with Crippen LogP contribution in [0.3, 0.4) is 0 Å². The lowest BCUT2D eigenvalue weighted by Gasteiger charge is -2.16. The third-order valence-corrected chi connectivity index (χ3v) is 2.69. The molecule has 0 saturated carbocycles. The van der Waals surface area contributed by atoms with E-state index in [1.807, 2.05) is 13.8 Å². The second-order valence-corrected chi connectivity index (χ2v) is 4.58. The van der Waals surface area contributed by atoms with Gasteiger partial charge in [0.25, 0.3) is 0 Å². The van der Waals surface area contributed by atoms with Gasteiger partial charge >= 0.3 is 5.97 Å². The number of allylic oxidation sites excluding steroid dienone is 1. The largest absolute Gasteiger partial charge is 0.480 e. The first-order chi connectivity index (χ1) is 8.40. The van der Waals surface area contributed by atoms with Gasteiger partial charge in [0, 0.05) is 6.42 Å². The first kappa shape index (κ1) is 14.2. The molecule has 2 amide bonds. The highest BCUT2D eigenvalue weighted by Crippen LogP contribution is 2.07. The Bertz CT molecular complexity index is 386. The van der Waals surface area contributed by atoms with Crippen molar-refractivity contribution in [2.24, 2.45) is 0 Å². The summed E-state index contributed by atoms with van der Waals surface area (Å²) >= 11 is 0. The molecule has 0 radical (unpaired) electrons. The van der Waals surface area contributed by atoms with Gasteiger partial charge in [0.15, 0.2) is 0 Å². The van der Waals surface area contributed by atoms with Crippen LogP contribution in [0.25, 0.3) is 0 Å². The molecule has 0 aromatic heterocycles. The zero-order valence-electron chi connectivity index (χ0n) is 10.5. The van der Waals surface area contributed by atoms with Gasteiger partial charge in [-0.05, 0) is 26.7 Å². The molecule has 0 aromatic rings. The fourth-order valence-electron chi connectivity index (χ4n) is 1.66. The lowest BCUT2D eigenvalue weighted by Crippen LogP contribution is -2.48. The number of rotatable bonds is 5. The van der Waals surface area contributed by atoms with Crippen LogP contribution in [0.1, 0.15) is 33.1 Å². The first-order valence-electron chi connectivity index (χ1n) is 5.86. The Morgan fingerprint density at radius 3 is 2.67 bits per heavy atom. The smallest absolute Gasteiger partial charge is 0.326 e. The topological polar surface area (TPSA) is 95.5 Å². The monoisotopic (exact) mass is 254 g/mol. The van der Waals surface area contributed by atoms with Gasteiger partial charge in [0.2, 0.25) is 11.8 Å². The summed E-state index contributed by atoms with van der Waals surface area (Å²) in [5.41, 5.74) is 0.990. The Labute approximate surface area is 105 Å². The fourth-order valence-corrected chi connectivity index (χ4v) is 1.66. The number of carbonyl (C=O) groups excluding carboxylic acids is 2. The normalized spacial score (nSPS) is 19.9. The van der Waals surface area contributed by atoms with Crippen molar-refractivity contribution < 1.29 is 19.5 Å². The predicted molar refractivity (Wildman–Crippen MR) is 64.8 cm³/mol. The van der Waals surface area contributed by atoms with Crippen LogP contribution in [-0.2, 0) is 14.4 Å². The average Bonchev–Trinajstić information content (AvgIpc) is 2.70. The Kier molecular flexibility index (Phi) is 4.88. The third kappa shape index (κ3) is 4.20. The second-order valence-electron chi connectivity index (χ2n) is 4.58. The van der Waals surface area contributed by atoms with E-state index in [-0.39, 0.29) is 12.3 Å². The van der Waals surface area contributed by atoms with E-state index in [0.717, 1.165) is 5.57 Å². The highest BCUT2D eigenvalue weighted by molar-refractivity contribution is 5.92. The summed E-state index contributed by atoms with van der Waals surface area (Å²) in [6.07, 6.45) is 2.72. The summed E-state index contributed by atoms with van der Waals surface area (Å²) in [6.45, 7) is 3.72.